The molecule has 12 nitrogen and oxygen atoms in total. The van der Waals surface area contributed by atoms with Gasteiger partial charge < -0.3 is 32.3 Å². The first-order valence-electron chi connectivity index (χ1n) is 12.7. The Bertz CT molecular complexity index is 745. The molecule has 0 unspecified atom stereocenters. The lowest BCUT2D eigenvalue weighted by atomic mass is 10.0. The summed E-state index contributed by atoms with van der Waals surface area (Å²) in [5.74, 6) is -2.19. The average molecular weight is 513 g/mol. The first kappa shape index (κ1) is 33.0. The molecule has 36 heavy (non-hydrogen) atoms. The topological polar surface area (TPSA) is 189 Å². The number of nitrogens with one attached hydrogen (secondary N) is 5. The Hall–Kier alpha value is -3.02. The van der Waals surface area contributed by atoms with E-state index in [4.69, 9.17) is 5.73 Å². The standard InChI is InChI=1S/C24H44N6O6/c1-5-9-20(32)18(30-24(36)16(3)28-17(4)31)11-12-21(33)27-14-8-7-10-19(23(25)35)29-22(34)15-26-13-6-2/h16,18-19,26H,5-15H2,1-4H3,(H2,25,35)(H,27,33)(H,28,31)(H,29,34)(H,30,36)/t16-,18+,19+/m1/s1. The van der Waals surface area contributed by atoms with Gasteiger partial charge in [0.25, 0.3) is 0 Å². The molecule has 0 aromatic heterocycles. The lowest BCUT2D eigenvalue weighted by molar-refractivity contribution is -0.131. The summed E-state index contributed by atoms with van der Waals surface area (Å²) in [5, 5.41) is 13.4. The molecule has 0 rings (SSSR count). The molecule has 0 aromatic rings. The van der Waals surface area contributed by atoms with E-state index in [1.807, 2.05) is 13.8 Å². The van der Waals surface area contributed by atoms with E-state index in [0.717, 1.165) is 6.42 Å². The number of carbonyl (C=O) groups is 6. The zero-order valence-corrected chi connectivity index (χ0v) is 22.0. The second-order valence-corrected chi connectivity index (χ2v) is 8.78. The Kier molecular flexibility index (Phi) is 17.6. The molecule has 0 aliphatic carbocycles. The van der Waals surface area contributed by atoms with Crippen LogP contribution in [-0.2, 0) is 28.8 Å². The van der Waals surface area contributed by atoms with Crippen LogP contribution in [0.5, 0.6) is 0 Å². The highest BCUT2D eigenvalue weighted by atomic mass is 16.2. The van der Waals surface area contributed by atoms with Crippen molar-refractivity contribution < 1.29 is 28.8 Å². The highest BCUT2D eigenvalue weighted by molar-refractivity contribution is 5.92. The van der Waals surface area contributed by atoms with E-state index in [2.05, 4.69) is 26.6 Å². The highest BCUT2D eigenvalue weighted by Gasteiger charge is 2.24. The van der Waals surface area contributed by atoms with Crippen molar-refractivity contribution in [2.45, 2.75) is 97.2 Å². The van der Waals surface area contributed by atoms with Crippen molar-refractivity contribution in [3.8, 4) is 0 Å². The fraction of sp³-hybridized carbons (Fsp3) is 0.750. The number of hydrogen-bond acceptors (Lipinski definition) is 7. The number of rotatable bonds is 20. The SMILES string of the molecule is CCCNCC(=O)N[C@@H](CCCCNC(=O)CC[C@H](NC(=O)[C@@H](C)NC(C)=O)C(=O)CCC)C(N)=O. The van der Waals surface area contributed by atoms with Crippen LogP contribution >= 0.6 is 0 Å². The first-order chi connectivity index (χ1) is 17.0. The minimum absolute atomic E-state index is 0.0413. The van der Waals surface area contributed by atoms with Gasteiger partial charge in [0, 0.05) is 26.3 Å². The molecule has 0 heterocycles. The van der Waals surface area contributed by atoms with Gasteiger partial charge in [0.2, 0.25) is 29.5 Å². The van der Waals surface area contributed by atoms with Crippen molar-refractivity contribution >= 4 is 35.3 Å². The molecule has 5 amide bonds. The Morgan fingerprint density at radius 2 is 1.47 bits per heavy atom. The highest BCUT2D eigenvalue weighted by Crippen LogP contribution is 2.05. The van der Waals surface area contributed by atoms with Crippen LogP contribution in [0.4, 0.5) is 0 Å². The zero-order chi connectivity index (χ0) is 27.5. The molecule has 0 saturated heterocycles. The van der Waals surface area contributed by atoms with Crippen LogP contribution in [0.25, 0.3) is 0 Å². The fourth-order valence-electron chi connectivity index (χ4n) is 3.38. The number of primary amides is 1. The molecule has 0 aromatic carbocycles. The molecule has 0 fully saturated rings. The quantitative estimate of drug-likeness (QED) is 0.117. The van der Waals surface area contributed by atoms with Crippen molar-refractivity contribution in [2.24, 2.45) is 5.73 Å². The molecular weight excluding hydrogens is 468 g/mol. The predicted octanol–water partition coefficient (Wildman–Crippen LogP) is -0.599. The molecular formula is C24H44N6O6. The maximum absolute atomic E-state index is 12.4. The summed E-state index contributed by atoms with van der Waals surface area (Å²) in [7, 11) is 0. The molecule has 3 atom stereocenters. The van der Waals surface area contributed by atoms with Crippen molar-refractivity contribution in [3.05, 3.63) is 0 Å². The third kappa shape index (κ3) is 15.8. The van der Waals surface area contributed by atoms with Crippen molar-refractivity contribution in [1.82, 2.24) is 26.6 Å². The number of ketones is 1. The Morgan fingerprint density at radius 1 is 0.778 bits per heavy atom. The van der Waals surface area contributed by atoms with Gasteiger partial charge in [-0.05, 0) is 52.0 Å². The summed E-state index contributed by atoms with van der Waals surface area (Å²) < 4.78 is 0. The van der Waals surface area contributed by atoms with Crippen molar-refractivity contribution in [2.75, 3.05) is 19.6 Å². The minimum Gasteiger partial charge on any atom is -0.368 e. The Labute approximate surface area is 213 Å². The lowest BCUT2D eigenvalue weighted by Gasteiger charge is -2.20. The number of carbonyl (C=O) groups excluding carboxylic acids is 6. The van der Waals surface area contributed by atoms with Crippen LogP contribution in [0.3, 0.4) is 0 Å². The summed E-state index contributed by atoms with van der Waals surface area (Å²) in [4.78, 5) is 71.5. The van der Waals surface area contributed by atoms with Crippen LogP contribution in [0.15, 0.2) is 0 Å². The van der Waals surface area contributed by atoms with Gasteiger partial charge in [0.1, 0.15) is 12.1 Å². The van der Waals surface area contributed by atoms with E-state index in [1.54, 1.807) is 0 Å². The molecule has 0 aliphatic heterocycles. The largest absolute Gasteiger partial charge is 0.368 e. The van der Waals surface area contributed by atoms with Crippen LogP contribution in [0.1, 0.15) is 79.1 Å². The average Bonchev–Trinajstić information content (AvgIpc) is 2.80. The van der Waals surface area contributed by atoms with Gasteiger partial charge in [-0.3, -0.25) is 28.8 Å². The number of unbranched alkanes of at least 4 members (excludes halogenated alkanes) is 1. The number of hydrogen-bond donors (Lipinski definition) is 6. The van der Waals surface area contributed by atoms with E-state index in [9.17, 15) is 28.8 Å². The van der Waals surface area contributed by atoms with Gasteiger partial charge in [-0.2, -0.15) is 0 Å². The Balaban J connectivity index is 4.46. The number of amides is 5. The van der Waals surface area contributed by atoms with E-state index < -0.39 is 29.9 Å². The monoisotopic (exact) mass is 512 g/mol. The molecule has 0 bridgehead atoms. The summed E-state index contributed by atoms with van der Waals surface area (Å²) in [6.07, 6.45) is 3.45. The van der Waals surface area contributed by atoms with Gasteiger partial charge >= 0.3 is 0 Å². The zero-order valence-electron chi connectivity index (χ0n) is 22.0. The van der Waals surface area contributed by atoms with Gasteiger partial charge in [0.05, 0.1) is 12.6 Å². The van der Waals surface area contributed by atoms with Gasteiger partial charge in [-0.25, -0.2) is 0 Å². The number of Topliss-reactive ketones (excluding diaryl/α,β-unsaturated/α-hetero) is 1. The minimum atomic E-state index is -0.814. The van der Waals surface area contributed by atoms with Gasteiger partial charge in [-0.1, -0.05) is 13.8 Å². The van der Waals surface area contributed by atoms with E-state index in [-0.39, 0.29) is 49.3 Å². The van der Waals surface area contributed by atoms with E-state index >= 15 is 0 Å². The fourth-order valence-corrected chi connectivity index (χ4v) is 3.38. The molecule has 0 aliphatic rings. The van der Waals surface area contributed by atoms with E-state index in [0.29, 0.717) is 38.8 Å². The maximum Gasteiger partial charge on any atom is 0.242 e. The molecule has 12 heteroatoms. The van der Waals surface area contributed by atoms with E-state index in [1.165, 1.54) is 13.8 Å². The van der Waals surface area contributed by atoms with Crippen molar-refractivity contribution in [1.29, 1.82) is 0 Å². The van der Waals surface area contributed by atoms with Gasteiger partial charge in [0.15, 0.2) is 5.78 Å². The molecule has 0 radical (unpaired) electrons. The maximum atomic E-state index is 12.4. The first-order valence-corrected chi connectivity index (χ1v) is 12.7. The van der Waals surface area contributed by atoms with Gasteiger partial charge in [-0.15, -0.1) is 0 Å². The summed E-state index contributed by atoms with van der Waals surface area (Å²) in [6, 6.07) is -2.38. The second-order valence-electron chi connectivity index (χ2n) is 8.78. The van der Waals surface area contributed by atoms with Crippen LogP contribution in [-0.4, -0.2) is 73.1 Å². The van der Waals surface area contributed by atoms with Crippen LogP contribution < -0.4 is 32.3 Å². The van der Waals surface area contributed by atoms with Crippen LogP contribution in [0.2, 0.25) is 0 Å². The predicted molar refractivity (Wildman–Crippen MR) is 136 cm³/mol. The summed E-state index contributed by atoms with van der Waals surface area (Å²) in [5.41, 5.74) is 5.37. The molecule has 0 spiro atoms. The number of nitrogens with two attached hydrogens (primary N) is 1. The third-order valence-corrected chi connectivity index (χ3v) is 5.31. The third-order valence-electron chi connectivity index (χ3n) is 5.31. The molecule has 0 saturated carbocycles. The smallest absolute Gasteiger partial charge is 0.242 e. The Morgan fingerprint density at radius 3 is 2.06 bits per heavy atom. The molecule has 206 valence electrons. The molecule has 7 N–H and O–H groups in total. The second kappa shape index (κ2) is 19.2. The normalized spacial score (nSPS) is 13.1. The lowest BCUT2D eigenvalue weighted by Crippen LogP contribution is -2.50. The van der Waals surface area contributed by atoms with Crippen molar-refractivity contribution in [3.63, 3.8) is 0 Å². The van der Waals surface area contributed by atoms with Crippen LogP contribution in [0, 0.1) is 0 Å². The summed E-state index contributed by atoms with van der Waals surface area (Å²) >= 11 is 0. The summed E-state index contributed by atoms with van der Waals surface area (Å²) in [6.45, 7) is 7.81.